The molecule has 1 aromatic heterocycles. The number of anilines is 1. The van der Waals surface area contributed by atoms with Crippen LogP contribution in [0.2, 0.25) is 16.4 Å². The summed E-state index contributed by atoms with van der Waals surface area (Å²) in [5.74, 6) is 1.29. The van der Waals surface area contributed by atoms with E-state index in [2.05, 4.69) is 9.88 Å². The Morgan fingerprint density at radius 1 is 1.31 bits per heavy atom. The smallest absolute Gasteiger partial charge is 0.427 e. The van der Waals surface area contributed by atoms with Crippen LogP contribution in [-0.4, -0.2) is 47.4 Å². The van der Waals surface area contributed by atoms with Crippen LogP contribution in [0.4, 0.5) is 5.82 Å². The Kier molecular flexibility index (Phi) is 10.8. The van der Waals surface area contributed by atoms with Crippen LogP contribution in [0.15, 0.2) is 12.3 Å². The molecule has 1 fully saturated rings. The van der Waals surface area contributed by atoms with Crippen LogP contribution in [0.3, 0.4) is 0 Å². The minimum absolute atomic E-state index is 0.168. The third-order valence-electron chi connectivity index (χ3n) is 4.48. The molecule has 0 spiro atoms. The lowest BCUT2D eigenvalue weighted by atomic mass is 9.82. The zero-order valence-corrected chi connectivity index (χ0v) is 16.0. The maximum Gasteiger partial charge on any atom is 0.451 e. The summed E-state index contributed by atoms with van der Waals surface area (Å²) in [5, 5.41) is 18.8. The molecule has 1 aliphatic rings. The molecule has 1 unspecified atom stereocenters. The van der Waals surface area contributed by atoms with E-state index < -0.39 is 7.12 Å². The van der Waals surface area contributed by atoms with Crippen LogP contribution < -0.4 is 10.6 Å². The average molecular weight is 404 g/mol. The van der Waals surface area contributed by atoms with Crippen molar-refractivity contribution in [1.82, 2.24) is 4.98 Å². The van der Waals surface area contributed by atoms with Crippen molar-refractivity contribution < 1.29 is 19.6 Å². The van der Waals surface area contributed by atoms with Crippen molar-refractivity contribution in [3.8, 4) is 0 Å². The number of nitrogens with two attached hydrogens (primary N) is 1. The van der Waals surface area contributed by atoms with Gasteiger partial charge in [-0.3, -0.25) is 0 Å². The Bertz CT molecular complexity index is 581. The minimum atomic E-state index is -1.20. The number of nitrogens with zero attached hydrogens (tertiary/aromatic N) is 2. The molecule has 0 saturated carbocycles. The number of piperidine rings is 1. The van der Waals surface area contributed by atoms with Gasteiger partial charge in [0.05, 0.1) is 10.0 Å². The third kappa shape index (κ3) is 8.04. The lowest BCUT2D eigenvalue weighted by Gasteiger charge is -2.35. The van der Waals surface area contributed by atoms with E-state index in [1.165, 1.54) is 0 Å². The quantitative estimate of drug-likeness (QED) is 0.470. The van der Waals surface area contributed by atoms with Crippen LogP contribution in [0.1, 0.15) is 32.1 Å². The standard InChI is InChI=1S/C15H24BCl2N3O2.CO2/c17-12-9-13(18)15(20-10-12)21-7-4-11(5-8-21)14(19)3-1-2-6-16(22)23;2-1-3/h9-11,14,22-23H,1-8,19H2;. The van der Waals surface area contributed by atoms with Gasteiger partial charge >= 0.3 is 13.3 Å². The van der Waals surface area contributed by atoms with Crippen LogP contribution in [0, 0.1) is 5.92 Å². The topological polar surface area (TPSA) is 117 Å². The molecule has 0 aliphatic carbocycles. The van der Waals surface area contributed by atoms with Gasteiger partial charge in [0, 0.05) is 25.3 Å². The summed E-state index contributed by atoms with van der Waals surface area (Å²) in [6.07, 6.45) is 6.99. The molecule has 26 heavy (non-hydrogen) atoms. The molecule has 1 aromatic rings. The van der Waals surface area contributed by atoms with Gasteiger partial charge in [0.1, 0.15) is 5.82 Å². The van der Waals surface area contributed by atoms with Crippen molar-refractivity contribution in [2.45, 2.75) is 44.5 Å². The number of pyridine rings is 1. The number of halogens is 2. The van der Waals surface area contributed by atoms with E-state index in [0.717, 1.165) is 51.0 Å². The van der Waals surface area contributed by atoms with Gasteiger partial charge < -0.3 is 20.7 Å². The van der Waals surface area contributed by atoms with Crippen LogP contribution in [-0.2, 0) is 9.59 Å². The van der Waals surface area contributed by atoms with Crippen molar-refractivity contribution in [2.75, 3.05) is 18.0 Å². The summed E-state index contributed by atoms with van der Waals surface area (Å²) >= 11 is 12.1. The molecule has 0 radical (unpaired) electrons. The predicted octanol–water partition coefficient (Wildman–Crippen LogP) is 1.99. The number of hydrogen-bond donors (Lipinski definition) is 3. The van der Waals surface area contributed by atoms with Gasteiger partial charge in [-0.1, -0.05) is 36.0 Å². The van der Waals surface area contributed by atoms with Gasteiger partial charge in [-0.25, -0.2) is 4.98 Å². The Hall–Kier alpha value is -1.15. The van der Waals surface area contributed by atoms with Gasteiger partial charge in [0.15, 0.2) is 0 Å². The lowest BCUT2D eigenvalue weighted by Crippen LogP contribution is -2.41. The van der Waals surface area contributed by atoms with E-state index in [1.807, 2.05) is 0 Å². The molecule has 1 atom stereocenters. The summed E-state index contributed by atoms with van der Waals surface area (Å²) < 4.78 is 0. The highest BCUT2D eigenvalue weighted by Crippen LogP contribution is 2.30. The summed E-state index contributed by atoms with van der Waals surface area (Å²) in [6.45, 7) is 1.78. The Morgan fingerprint density at radius 3 is 2.46 bits per heavy atom. The minimum Gasteiger partial charge on any atom is -0.427 e. The second-order valence-electron chi connectivity index (χ2n) is 6.30. The highest BCUT2D eigenvalue weighted by Gasteiger charge is 2.25. The van der Waals surface area contributed by atoms with E-state index in [-0.39, 0.29) is 12.2 Å². The average Bonchev–Trinajstić information content (AvgIpc) is 2.59. The Balaban J connectivity index is 0.00000105. The molecule has 2 heterocycles. The molecule has 2 rings (SSSR count). The maximum atomic E-state index is 8.84. The monoisotopic (exact) mass is 403 g/mol. The first-order chi connectivity index (χ1) is 12.4. The first-order valence-electron chi connectivity index (χ1n) is 8.56. The molecule has 7 nitrogen and oxygen atoms in total. The number of rotatable bonds is 7. The fourth-order valence-electron chi connectivity index (χ4n) is 3.12. The number of hydrogen-bond acceptors (Lipinski definition) is 7. The second-order valence-corrected chi connectivity index (χ2v) is 7.14. The SMILES string of the molecule is NC(CCCCB(O)O)C1CCN(c2ncc(Cl)cc2Cl)CC1.O=C=O. The normalized spacial score (nSPS) is 15.7. The fourth-order valence-corrected chi connectivity index (χ4v) is 3.62. The first kappa shape index (κ1) is 22.9. The zero-order valence-electron chi connectivity index (χ0n) is 14.5. The van der Waals surface area contributed by atoms with Gasteiger partial charge in [0.25, 0.3) is 0 Å². The Morgan fingerprint density at radius 2 is 1.92 bits per heavy atom. The largest absolute Gasteiger partial charge is 0.451 e. The molecule has 0 amide bonds. The van der Waals surface area contributed by atoms with Crippen molar-refractivity contribution in [2.24, 2.45) is 11.7 Å². The molecular weight excluding hydrogens is 380 g/mol. The van der Waals surface area contributed by atoms with Crippen LogP contribution >= 0.6 is 23.2 Å². The second kappa shape index (κ2) is 12.3. The van der Waals surface area contributed by atoms with E-state index >= 15 is 0 Å². The van der Waals surface area contributed by atoms with Crippen molar-refractivity contribution in [3.05, 3.63) is 22.3 Å². The van der Waals surface area contributed by atoms with E-state index in [1.54, 1.807) is 12.3 Å². The predicted molar refractivity (Wildman–Crippen MR) is 101 cm³/mol. The van der Waals surface area contributed by atoms with Gasteiger partial charge in [-0.2, -0.15) is 9.59 Å². The molecule has 0 bridgehead atoms. The molecule has 10 heteroatoms. The number of carbonyl (C=O) groups excluding carboxylic acids is 2. The van der Waals surface area contributed by atoms with E-state index in [9.17, 15) is 0 Å². The van der Waals surface area contributed by atoms with Gasteiger partial charge in [-0.05, 0) is 37.6 Å². The van der Waals surface area contributed by atoms with Crippen molar-refractivity contribution in [3.63, 3.8) is 0 Å². The van der Waals surface area contributed by atoms with E-state index in [0.29, 0.717) is 22.3 Å². The summed E-state index contributed by atoms with van der Waals surface area (Å²) in [7, 11) is -1.20. The van der Waals surface area contributed by atoms with Crippen LogP contribution in [0.25, 0.3) is 0 Å². The molecule has 1 saturated heterocycles. The van der Waals surface area contributed by atoms with Crippen molar-refractivity contribution >= 4 is 42.3 Å². The summed E-state index contributed by atoms with van der Waals surface area (Å²) in [6, 6.07) is 1.89. The van der Waals surface area contributed by atoms with E-state index in [4.69, 9.17) is 48.6 Å². The molecule has 1 aliphatic heterocycles. The fraction of sp³-hybridized carbons (Fsp3) is 0.625. The number of unbranched alkanes of at least 4 members (excludes halogenated alkanes) is 1. The highest BCUT2D eigenvalue weighted by atomic mass is 35.5. The molecule has 0 aromatic carbocycles. The van der Waals surface area contributed by atoms with Gasteiger partial charge in [-0.15, -0.1) is 0 Å². The maximum absolute atomic E-state index is 8.84. The third-order valence-corrected chi connectivity index (χ3v) is 4.97. The van der Waals surface area contributed by atoms with Crippen molar-refractivity contribution in [1.29, 1.82) is 0 Å². The summed E-state index contributed by atoms with van der Waals surface area (Å²) in [4.78, 5) is 22.8. The molecule has 4 N–H and O–H groups in total. The lowest BCUT2D eigenvalue weighted by molar-refractivity contribution is -0.191. The first-order valence-corrected chi connectivity index (χ1v) is 9.31. The van der Waals surface area contributed by atoms with Gasteiger partial charge in [0.2, 0.25) is 0 Å². The highest BCUT2D eigenvalue weighted by molar-refractivity contribution is 6.40. The number of aromatic nitrogens is 1. The zero-order chi connectivity index (χ0) is 19.5. The molecule has 144 valence electrons. The molecular formula is C16H24BCl2N3O4. The van der Waals surface area contributed by atoms with Crippen LogP contribution in [0.5, 0.6) is 0 Å². The summed E-state index contributed by atoms with van der Waals surface area (Å²) in [5.41, 5.74) is 6.30. The Labute approximate surface area is 163 Å².